The van der Waals surface area contributed by atoms with Crippen LogP contribution in [-0.4, -0.2) is 20.7 Å². The highest BCUT2D eigenvalue weighted by molar-refractivity contribution is 7.98. The molecule has 0 aliphatic heterocycles. The van der Waals surface area contributed by atoms with Gasteiger partial charge in [0.1, 0.15) is 0 Å². The summed E-state index contributed by atoms with van der Waals surface area (Å²) in [5.41, 5.74) is 4.66. The third kappa shape index (κ3) is 5.15. The second kappa shape index (κ2) is 10.1. The van der Waals surface area contributed by atoms with Gasteiger partial charge in [-0.15, -0.1) is 16.8 Å². The second-order valence-corrected chi connectivity index (χ2v) is 8.32. The minimum atomic E-state index is -0.118. The first-order valence-electron chi connectivity index (χ1n) is 10.3. The Morgan fingerprint density at radius 1 is 1.03 bits per heavy atom. The van der Waals surface area contributed by atoms with Gasteiger partial charge < -0.3 is 5.32 Å². The molecule has 0 saturated heterocycles. The highest BCUT2D eigenvalue weighted by Crippen LogP contribution is 2.26. The van der Waals surface area contributed by atoms with Crippen molar-refractivity contribution in [2.45, 2.75) is 24.4 Å². The third-order valence-electron chi connectivity index (χ3n) is 4.92. The van der Waals surface area contributed by atoms with Crippen molar-refractivity contribution in [2.24, 2.45) is 0 Å². The summed E-state index contributed by atoms with van der Waals surface area (Å²) in [7, 11) is 0. The van der Waals surface area contributed by atoms with Crippen molar-refractivity contribution in [3.05, 3.63) is 108 Å². The van der Waals surface area contributed by atoms with Crippen molar-refractivity contribution in [3.63, 3.8) is 0 Å². The lowest BCUT2D eigenvalue weighted by atomic mass is 10.1. The molecular formula is C26H24N4OS. The lowest BCUT2D eigenvalue weighted by Gasteiger charge is -2.09. The number of amides is 1. The van der Waals surface area contributed by atoms with Gasteiger partial charge in [0.2, 0.25) is 0 Å². The number of nitrogens with zero attached hydrogens (tertiary/aromatic N) is 3. The van der Waals surface area contributed by atoms with Gasteiger partial charge in [0.25, 0.3) is 5.91 Å². The van der Waals surface area contributed by atoms with Crippen LogP contribution in [-0.2, 0) is 12.3 Å². The van der Waals surface area contributed by atoms with Crippen LogP contribution in [0.5, 0.6) is 0 Å². The average Bonchev–Trinajstić information content (AvgIpc) is 3.21. The van der Waals surface area contributed by atoms with Gasteiger partial charge in [-0.05, 0) is 42.3 Å². The maximum Gasteiger partial charge on any atom is 0.255 e. The van der Waals surface area contributed by atoms with Crippen LogP contribution in [0.25, 0.3) is 11.4 Å². The number of hydrogen-bond donors (Lipinski definition) is 1. The number of benzene rings is 3. The number of carbonyl (C=O) groups is 1. The van der Waals surface area contributed by atoms with Gasteiger partial charge >= 0.3 is 0 Å². The van der Waals surface area contributed by atoms with Crippen molar-refractivity contribution >= 4 is 23.4 Å². The Balaban J connectivity index is 1.43. The Bertz CT molecular complexity index is 1220. The highest BCUT2D eigenvalue weighted by atomic mass is 32.2. The molecule has 0 aliphatic rings. The van der Waals surface area contributed by atoms with Crippen LogP contribution in [0.3, 0.4) is 0 Å². The van der Waals surface area contributed by atoms with Crippen molar-refractivity contribution in [1.82, 2.24) is 14.8 Å². The van der Waals surface area contributed by atoms with E-state index in [-0.39, 0.29) is 5.91 Å². The van der Waals surface area contributed by atoms with E-state index in [4.69, 9.17) is 0 Å². The molecule has 1 N–H and O–H groups in total. The molecule has 0 aliphatic carbocycles. The molecule has 160 valence electrons. The smallest absolute Gasteiger partial charge is 0.255 e. The van der Waals surface area contributed by atoms with Crippen LogP contribution in [0.15, 0.2) is 96.7 Å². The quantitative estimate of drug-likeness (QED) is 0.270. The molecule has 3 aromatic carbocycles. The van der Waals surface area contributed by atoms with E-state index in [1.54, 1.807) is 11.8 Å². The van der Waals surface area contributed by atoms with E-state index in [1.165, 1.54) is 0 Å². The number of allylic oxidation sites excluding steroid dienone is 1. The molecular weight excluding hydrogens is 416 g/mol. The van der Waals surface area contributed by atoms with Gasteiger partial charge in [0.15, 0.2) is 11.0 Å². The molecule has 6 heteroatoms. The molecule has 5 nitrogen and oxygen atoms in total. The Hall–Kier alpha value is -3.64. The monoisotopic (exact) mass is 440 g/mol. The summed E-state index contributed by atoms with van der Waals surface area (Å²) < 4.78 is 2.07. The zero-order chi connectivity index (χ0) is 22.3. The van der Waals surface area contributed by atoms with E-state index in [9.17, 15) is 4.79 Å². The van der Waals surface area contributed by atoms with Gasteiger partial charge in [-0.2, -0.15) is 0 Å². The van der Waals surface area contributed by atoms with Gasteiger partial charge in [-0.3, -0.25) is 9.36 Å². The number of nitrogens with one attached hydrogen (secondary N) is 1. The van der Waals surface area contributed by atoms with Crippen molar-refractivity contribution < 1.29 is 4.79 Å². The lowest BCUT2D eigenvalue weighted by Crippen LogP contribution is -2.11. The SMILES string of the molecule is C=CCn1c(SCc2ccc(C(=O)Nc3cccc(C)c3)cc2)nnc1-c1ccccc1. The molecule has 1 heterocycles. The molecule has 0 unspecified atom stereocenters. The molecule has 0 saturated carbocycles. The topological polar surface area (TPSA) is 59.8 Å². The summed E-state index contributed by atoms with van der Waals surface area (Å²) in [6, 6.07) is 25.4. The minimum Gasteiger partial charge on any atom is -0.322 e. The van der Waals surface area contributed by atoms with Crippen LogP contribution in [0, 0.1) is 6.92 Å². The van der Waals surface area contributed by atoms with E-state index in [1.807, 2.05) is 91.9 Å². The summed E-state index contributed by atoms with van der Waals surface area (Å²) in [6.07, 6.45) is 1.85. The maximum atomic E-state index is 12.5. The van der Waals surface area contributed by atoms with E-state index in [0.29, 0.717) is 12.1 Å². The van der Waals surface area contributed by atoms with Crippen molar-refractivity contribution in [3.8, 4) is 11.4 Å². The van der Waals surface area contributed by atoms with Crippen molar-refractivity contribution in [2.75, 3.05) is 5.32 Å². The largest absolute Gasteiger partial charge is 0.322 e. The first kappa shape index (κ1) is 21.6. The van der Waals surface area contributed by atoms with E-state index >= 15 is 0 Å². The van der Waals surface area contributed by atoms with Crippen molar-refractivity contribution in [1.29, 1.82) is 0 Å². The predicted octanol–water partition coefficient (Wildman–Crippen LogP) is 5.98. The fourth-order valence-corrected chi connectivity index (χ4v) is 4.22. The molecule has 0 radical (unpaired) electrons. The highest BCUT2D eigenvalue weighted by Gasteiger charge is 2.13. The first-order valence-corrected chi connectivity index (χ1v) is 11.3. The van der Waals surface area contributed by atoms with Gasteiger partial charge in [0, 0.05) is 29.1 Å². The molecule has 1 amide bonds. The first-order chi connectivity index (χ1) is 15.6. The van der Waals surface area contributed by atoms with Gasteiger partial charge in [-0.1, -0.05) is 72.4 Å². The minimum absolute atomic E-state index is 0.118. The van der Waals surface area contributed by atoms with Crippen LogP contribution < -0.4 is 5.32 Å². The summed E-state index contributed by atoms with van der Waals surface area (Å²) in [4.78, 5) is 12.5. The Kier molecular flexibility index (Phi) is 6.82. The molecule has 4 aromatic rings. The number of anilines is 1. The number of carbonyl (C=O) groups excluding carboxylic acids is 1. The molecule has 1 aromatic heterocycles. The molecule has 0 fully saturated rings. The lowest BCUT2D eigenvalue weighted by molar-refractivity contribution is 0.102. The van der Waals surface area contributed by atoms with Gasteiger partial charge in [-0.25, -0.2) is 0 Å². The fourth-order valence-electron chi connectivity index (χ4n) is 3.32. The van der Waals surface area contributed by atoms with Crippen LogP contribution in [0.2, 0.25) is 0 Å². The number of aromatic nitrogens is 3. The predicted molar refractivity (Wildman–Crippen MR) is 131 cm³/mol. The molecule has 4 rings (SSSR count). The Labute approximate surface area is 192 Å². The molecule has 0 bridgehead atoms. The fraction of sp³-hybridized carbons (Fsp3) is 0.115. The van der Waals surface area contributed by atoms with E-state index in [0.717, 1.165) is 39.1 Å². The molecule has 0 atom stereocenters. The summed E-state index contributed by atoms with van der Waals surface area (Å²) in [6.45, 7) is 6.50. The number of hydrogen-bond acceptors (Lipinski definition) is 4. The number of rotatable bonds is 8. The maximum absolute atomic E-state index is 12.5. The molecule has 32 heavy (non-hydrogen) atoms. The summed E-state index contributed by atoms with van der Waals surface area (Å²) in [5.74, 6) is 1.44. The number of thioether (sulfide) groups is 1. The van der Waals surface area contributed by atoms with Crippen LogP contribution in [0.4, 0.5) is 5.69 Å². The second-order valence-electron chi connectivity index (χ2n) is 7.38. The third-order valence-corrected chi connectivity index (χ3v) is 5.96. The van der Waals surface area contributed by atoms with E-state index in [2.05, 4.69) is 26.7 Å². The normalized spacial score (nSPS) is 10.7. The Morgan fingerprint density at radius 2 is 1.81 bits per heavy atom. The zero-order valence-electron chi connectivity index (χ0n) is 17.9. The average molecular weight is 441 g/mol. The summed E-state index contributed by atoms with van der Waals surface area (Å²) >= 11 is 1.62. The zero-order valence-corrected chi connectivity index (χ0v) is 18.7. The van der Waals surface area contributed by atoms with Crippen LogP contribution >= 0.6 is 11.8 Å². The van der Waals surface area contributed by atoms with Gasteiger partial charge in [0.05, 0.1) is 0 Å². The standard InChI is InChI=1S/C26H24N4OS/c1-3-16-30-24(21-9-5-4-6-10-21)28-29-26(30)32-18-20-12-14-22(15-13-20)25(31)27-23-11-7-8-19(2)17-23/h3-15,17H,1,16,18H2,2H3,(H,27,31). The summed E-state index contributed by atoms with van der Waals surface area (Å²) in [5, 5.41) is 12.6. The Morgan fingerprint density at radius 3 is 2.53 bits per heavy atom. The van der Waals surface area contributed by atoms with E-state index < -0.39 is 0 Å². The number of aryl methyl sites for hydroxylation is 1. The van der Waals surface area contributed by atoms with Crippen LogP contribution in [0.1, 0.15) is 21.5 Å². The molecule has 0 spiro atoms.